The number of oxazole rings is 1. The van der Waals surface area contributed by atoms with E-state index in [2.05, 4.69) is 4.98 Å². The summed E-state index contributed by atoms with van der Waals surface area (Å²) in [4.78, 5) is 4.16. The van der Waals surface area contributed by atoms with Crippen LogP contribution in [-0.2, 0) is 5.88 Å². The Morgan fingerprint density at radius 3 is 2.67 bits per heavy atom. The molecular weight excluding hydrogens is 210 g/mol. The van der Waals surface area contributed by atoms with E-state index >= 15 is 0 Å². The van der Waals surface area contributed by atoms with Crippen molar-refractivity contribution in [3.8, 4) is 0 Å². The number of halogens is 1. The van der Waals surface area contributed by atoms with Crippen LogP contribution in [-0.4, -0.2) is 4.98 Å². The summed E-state index contributed by atoms with van der Waals surface area (Å²) < 4.78 is 5.19. The van der Waals surface area contributed by atoms with Gasteiger partial charge in [-0.15, -0.1) is 11.6 Å². The minimum atomic E-state index is 0.378. The van der Waals surface area contributed by atoms with Gasteiger partial charge in [-0.2, -0.15) is 0 Å². The van der Waals surface area contributed by atoms with Gasteiger partial charge in [0.05, 0.1) is 11.6 Å². The van der Waals surface area contributed by atoms with E-state index in [1.807, 2.05) is 42.5 Å². The second kappa shape index (κ2) is 4.80. The van der Waals surface area contributed by atoms with Gasteiger partial charge in [0.15, 0.2) is 0 Å². The van der Waals surface area contributed by atoms with E-state index in [1.165, 1.54) is 0 Å². The Morgan fingerprint density at radius 1 is 1.20 bits per heavy atom. The van der Waals surface area contributed by atoms with Crippen molar-refractivity contribution in [1.29, 1.82) is 0 Å². The largest absolute Gasteiger partial charge is 0.445 e. The van der Waals surface area contributed by atoms with Gasteiger partial charge in [-0.05, 0) is 11.6 Å². The van der Waals surface area contributed by atoms with Gasteiger partial charge in [0.25, 0.3) is 0 Å². The van der Waals surface area contributed by atoms with Crippen molar-refractivity contribution >= 4 is 23.8 Å². The molecule has 0 aliphatic carbocycles. The highest BCUT2D eigenvalue weighted by Crippen LogP contribution is 2.09. The van der Waals surface area contributed by atoms with Crippen molar-refractivity contribution < 1.29 is 4.42 Å². The molecule has 2 nitrogen and oxygen atoms in total. The smallest absolute Gasteiger partial charge is 0.218 e. The average Bonchev–Trinajstić information content (AvgIpc) is 2.76. The molecule has 0 saturated heterocycles. The topological polar surface area (TPSA) is 26.0 Å². The molecule has 2 rings (SSSR count). The van der Waals surface area contributed by atoms with Gasteiger partial charge in [0.1, 0.15) is 6.26 Å². The van der Waals surface area contributed by atoms with Crippen molar-refractivity contribution in [3.05, 3.63) is 53.7 Å². The Hall–Kier alpha value is -1.54. The lowest BCUT2D eigenvalue weighted by atomic mass is 10.2. The summed E-state index contributed by atoms with van der Waals surface area (Å²) in [5.41, 5.74) is 1.87. The molecule has 3 heteroatoms. The van der Waals surface area contributed by atoms with Crippen LogP contribution in [0.15, 0.2) is 41.0 Å². The van der Waals surface area contributed by atoms with E-state index in [0.717, 1.165) is 11.3 Å². The first-order chi connectivity index (χ1) is 7.38. The SMILES string of the molecule is ClCc1coc(/C=C/c2ccccc2)n1. The molecule has 1 heterocycles. The summed E-state index contributed by atoms with van der Waals surface area (Å²) >= 11 is 5.61. The molecule has 0 fully saturated rings. The molecule has 0 unspecified atom stereocenters. The fraction of sp³-hybridized carbons (Fsp3) is 0.0833. The van der Waals surface area contributed by atoms with Crippen LogP contribution in [0.1, 0.15) is 17.1 Å². The van der Waals surface area contributed by atoms with Crippen LogP contribution in [0.3, 0.4) is 0 Å². The maximum atomic E-state index is 5.61. The van der Waals surface area contributed by atoms with Crippen LogP contribution < -0.4 is 0 Å². The zero-order chi connectivity index (χ0) is 10.5. The molecule has 0 radical (unpaired) electrons. The first kappa shape index (κ1) is 9.99. The number of rotatable bonds is 3. The van der Waals surface area contributed by atoms with Gasteiger partial charge in [-0.3, -0.25) is 0 Å². The summed E-state index contributed by atoms with van der Waals surface area (Å²) in [6.07, 6.45) is 5.34. The molecule has 0 saturated carbocycles. The fourth-order valence-electron chi connectivity index (χ4n) is 1.19. The van der Waals surface area contributed by atoms with Crippen molar-refractivity contribution in [2.75, 3.05) is 0 Å². The van der Waals surface area contributed by atoms with Crippen LogP contribution in [0.2, 0.25) is 0 Å². The maximum absolute atomic E-state index is 5.61. The van der Waals surface area contributed by atoms with Crippen LogP contribution in [0.25, 0.3) is 12.2 Å². The Morgan fingerprint density at radius 2 is 2.00 bits per heavy atom. The number of hydrogen-bond acceptors (Lipinski definition) is 2. The number of benzene rings is 1. The van der Waals surface area contributed by atoms with E-state index in [9.17, 15) is 0 Å². The normalized spacial score (nSPS) is 11.0. The maximum Gasteiger partial charge on any atom is 0.218 e. The van der Waals surface area contributed by atoms with Crippen molar-refractivity contribution in [2.45, 2.75) is 5.88 Å². The summed E-state index contributed by atoms with van der Waals surface area (Å²) in [5.74, 6) is 0.956. The summed E-state index contributed by atoms with van der Waals surface area (Å²) in [6.45, 7) is 0. The summed E-state index contributed by atoms with van der Waals surface area (Å²) in [5, 5.41) is 0. The minimum Gasteiger partial charge on any atom is -0.445 e. The number of alkyl halides is 1. The second-order valence-corrected chi connectivity index (χ2v) is 3.32. The summed E-state index contributed by atoms with van der Waals surface area (Å²) in [6, 6.07) is 9.98. The summed E-state index contributed by atoms with van der Waals surface area (Å²) in [7, 11) is 0. The molecule has 15 heavy (non-hydrogen) atoms. The standard InChI is InChI=1S/C12H10ClNO/c13-8-11-9-15-12(14-11)7-6-10-4-2-1-3-5-10/h1-7,9H,8H2/b7-6+. The number of nitrogens with zero attached hydrogens (tertiary/aromatic N) is 1. The van der Waals surface area contributed by atoms with Crippen LogP contribution >= 0.6 is 11.6 Å². The van der Waals surface area contributed by atoms with Gasteiger partial charge in [0.2, 0.25) is 5.89 Å². The zero-order valence-electron chi connectivity index (χ0n) is 8.06. The molecule has 2 aromatic rings. The molecule has 1 aromatic heterocycles. The number of aromatic nitrogens is 1. The lowest BCUT2D eigenvalue weighted by molar-refractivity contribution is 0.546. The Labute approximate surface area is 93.2 Å². The fourth-order valence-corrected chi connectivity index (χ4v) is 1.31. The molecule has 0 atom stereocenters. The van der Waals surface area contributed by atoms with Crippen LogP contribution in [0, 0.1) is 0 Å². The second-order valence-electron chi connectivity index (χ2n) is 3.05. The first-order valence-corrected chi connectivity index (χ1v) is 5.15. The van der Waals surface area contributed by atoms with E-state index in [0.29, 0.717) is 11.8 Å². The minimum absolute atomic E-state index is 0.378. The Kier molecular flexibility index (Phi) is 3.20. The molecule has 0 spiro atoms. The van der Waals surface area contributed by atoms with Gasteiger partial charge < -0.3 is 4.42 Å². The molecule has 1 aromatic carbocycles. The monoisotopic (exact) mass is 219 g/mol. The van der Waals surface area contributed by atoms with Crippen molar-refractivity contribution in [2.24, 2.45) is 0 Å². The van der Waals surface area contributed by atoms with E-state index in [1.54, 1.807) is 6.26 Å². The quantitative estimate of drug-likeness (QED) is 0.738. The predicted molar refractivity (Wildman–Crippen MR) is 61.4 cm³/mol. The zero-order valence-corrected chi connectivity index (χ0v) is 8.82. The molecule has 0 N–H and O–H groups in total. The van der Waals surface area contributed by atoms with Crippen molar-refractivity contribution in [3.63, 3.8) is 0 Å². The third kappa shape index (κ3) is 2.70. The lowest BCUT2D eigenvalue weighted by Gasteiger charge is -1.88. The van der Waals surface area contributed by atoms with E-state index < -0.39 is 0 Å². The average molecular weight is 220 g/mol. The molecule has 76 valence electrons. The molecule has 0 aliphatic heterocycles. The third-order valence-electron chi connectivity index (χ3n) is 1.92. The first-order valence-electron chi connectivity index (χ1n) is 4.62. The highest BCUT2D eigenvalue weighted by Gasteiger charge is 1.97. The highest BCUT2D eigenvalue weighted by atomic mass is 35.5. The molecule has 0 bridgehead atoms. The van der Waals surface area contributed by atoms with Gasteiger partial charge in [-0.25, -0.2) is 4.98 Å². The molecule has 0 aliphatic rings. The number of hydrogen-bond donors (Lipinski definition) is 0. The van der Waals surface area contributed by atoms with E-state index in [4.69, 9.17) is 16.0 Å². The van der Waals surface area contributed by atoms with Crippen LogP contribution in [0.5, 0.6) is 0 Å². The molecular formula is C12H10ClNO. The molecule has 0 amide bonds. The third-order valence-corrected chi connectivity index (χ3v) is 2.20. The predicted octanol–water partition coefficient (Wildman–Crippen LogP) is 3.58. The highest BCUT2D eigenvalue weighted by molar-refractivity contribution is 6.16. The Balaban J connectivity index is 2.11. The van der Waals surface area contributed by atoms with Crippen LogP contribution in [0.4, 0.5) is 0 Å². The van der Waals surface area contributed by atoms with Gasteiger partial charge >= 0.3 is 0 Å². The van der Waals surface area contributed by atoms with Gasteiger partial charge in [0, 0.05) is 6.08 Å². The van der Waals surface area contributed by atoms with Gasteiger partial charge in [-0.1, -0.05) is 30.3 Å². The van der Waals surface area contributed by atoms with E-state index in [-0.39, 0.29) is 0 Å². The lowest BCUT2D eigenvalue weighted by Crippen LogP contribution is -1.76. The van der Waals surface area contributed by atoms with Crippen molar-refractivity contribution in [1.82, 2.24) is 4.98 Å². The Bertz CT molecular complexity index is 448.